The Kier molecular flexibility index (Phi) is 8.41. The highest BCUT2D eigenvalue weighted by Gasteiger charge is 2.24. The predicted molar refractivity (Wildman–Crippen MR) is 119 cm³/mol. The van der Waals surface area contributed by atoms with Crippen molar-refractivity contribution in [1.29, 1.82) is 0 Å². The fraction of sp³-hybridized carbons (Fsp3) is 0.538. The number of hydrogen-bond acceptors (Lipinski definition) is 2. The summed E-state index contributed by atoms with van der Waals surface area (Å²) in [4.78, 5) is 2.45. The van der Waals surface area contributed by atoms with Gasteiger partial charge in [0.2, 0.25) is 0 Å². The average Bonchev–Trinajstić information content (AvgIpc) is 2.73. The monoisotopic (exact) mass is 415 g/mol. The molecule has 0 N–H and O–H groups in total. The molecule has 0 aromatic heterocycles. The molecule has 1 aliphatic carbocycles. The highest BCUT2D eigenvalue weighted by Crippen LogP contribution is 2.29. The van der Waals surface area contributed by atoms with Gasteiger partial charge in [-0.05, 0) is 75.4 Å². The number of ether oxygens (including phenoxy) is 1. The number of nitrogens with zero attached hydrogens (tertiary/aromatic N) is 1. The van der Waals surface area contributed by atoms with Crippen LogP contribution in [0.4, 0.5) is 8.78 Å². The Morgan fingerprint density at radius 1 is 0.967 bits per heavy atom. The minimum atomic E-state index is -0.474. The van der Waals surface area contributed by atoms with Crippen molar-refractivity contribution in [1.82, 2.24) is 4.90 Å². The van der Waals surface area contributed by atoms with E-state index in [1.807, 2.05) is 0 Å². The molecule has 2 aromatic carbocycles. The minimum absolute atomic E-state index is 0.0383. The number of benzene rings is 2. The van der Waals surface area contributed by atoms with Gasteiger partial charge < -0.3 is 9.64 Å². The van der Waals surface area contributed by atoms with Crippen LogP contribution in [0.2, 0.25) is 0 Å². The highest BCUT2D eigenvalue weighted by atomic mass is 19.1. The van der Waals surface area contributed by atoms with E-state index in [1.165, 1.54) is 67.0 Å². The quantitative estimate of drug-likeness (QED) is 0.431. The summed E-state index contributed by atoms with van der Waals surface area (Å²) >= 11 is 0. The molecular formula is C26H35F2NO. The van der Waals surface area contributed by atoms with E-state index in [2.05, 4.69) is 44.0 Å². The smallest absolute Gasteiger partial charge is 0.129 e. The first kappa shape index (κ1) is 22.9. The molecule has 1 atom stereocenters. The molecule has 1 unspecified atom stereocenters. The highest BCUT2D eigenvalue weighted by molar-refractivity contribution is 5.35. The van der Waals surface area contributed by atoms with Gasteiger partial charge in [0.05, 0.1) is 6.10 Å². The molecular weight excluding hydrogens is 380 g/mol. The largest absolute Gasteiger partial charge is 0.372 e. The van der Waals surface area contributed by atoms with Crippen LogP contribution >= 0.6 is 0 Å². The average molecular weight is 416 g/mol. The number of hydrogen-bond donors (Lipinski definition) is 0. The van der Waals surface area contributed by atoms with E-state index in [0.717, 1.165) is 6.54 Å². The van der Waals surface area contributed by atoms with Crippen molar-refractivity contribution in [3.63, 3.8) is 0 Å². The van der Waals surface area contributed by atoms with E-state index in [9.17, 15) is 8.78 Å². The van der Waals surface area contributed by atoms with Gasteiger partial charge in [-0.1, -0.05) is 43.5 Å². The van der Waals surface area contributed by atoms with Crippen molar-refractivity contribution in [2.24, 2.45) is 0 Å². The minimum Gasteiger partial charge on any atom is -0.372 e. The molecule has 0 saturated heterocycles. The molecule has 3 rings (SSSR count). The summed E-state index contributed by atoms with van der Waals surface area (Å²) in [6.07, 6.45) is 7.35. The number of aryl methyl sites for hydroxylation is 2. The topological polar surface area (TPSA) is 12.5 Å². The molecule has 0 heterocycles. The van der Waals surface area contributed by atoms with Gasteiger partial charge in [-0.25, -0.2) is 8.78 Å². The first-order valence-corrected chi connectivity index (χ1v) is 11.3. The van der Waals surface area contributed by atoms with Gasteiger partial charge in [0, 0.05) is 24.8 Å². The summed E-state index contributed by atoms with van der Waals surface area (Å²) in [5.74, 6) is -0.948. The van der Waals surface area contributed by atoms with Crippen LogP contribution in [0, 0.1) is 25.5 Å². The van der Waals surface area contributed by atoms with Crippen LogP contribution in [0.25, 0.3) is 0 Å². The van der Waals surface area contributed by atoms with Crippen molar-refractivity contribution in [2.45, 2.75) is 70.9 Å². The van der Waals surface area contributed by atoms with Gasteiger partial charge in [0.25, 0.3) is 0 Å². The van der Waals surface area contributed by atoms with Crippen LogP contribution in [0.5, 0.6) is 0 Å². The Balaban J connectivity index is 1.66. The Bertz CT molecular complexity index is 776. The molecule has 0 aliphatic heterocycles. The second kappa shape index (κ2) is 11.0. The van der Waals surface area contributed by atoms with E-state index in [0.29, 0.717) is 25.5 Å². The molecule has 1 fully saturated rings. The zero-order valence-corrected chi connectivity index (χ0v) is 18.6. The maximum Gasteiger partial charge on any atom is 0.129 e. The molecule has 0 amide bonds. The summed E-state index contributed by atoms with van der Waals surface area (Å²) in [7, 11) is 2.20. The van der Waals surface area contributed by atoms with E-state index in [-0.39, 0.29) is 11.7 Å². The SMILES string of the molecule is Cc1cccc(C)c1C(CN(C)C1CCCCC1)OCCCc1c(F)cccc1F. The van der Waals surface area contributed by atoms with Crippen molar-refractivity contribution >= 4 is 0 Å². The standard InChI is InChI=1S/C26H35F2NO/c1-19-10-7-11-20(2)26(19)25(18-29(3)21-12-5-4-6-13-21)30-17-9-14-22-23(27)15-8-16-24(22)28/h7-8,10-11,15-16,21,25H,4-6,9,12-14,17-18H2,1-3H3. The van der Waals surface area contributed by atoms with E-state index in [4.69, 9.17) is 4.74 Å². The Hall–Kier alpha value is -1.78. The van der Waals surface area contributed by atoms with Crippen LogP contribution in [0.3, 0.4) is 0 Å². The molecule has 2 nitrogen and oxygen atoms in total. The van der Waals surface area contributed by atoms with Crippen LogP contribution in [0.15, 0.2) is 36.4 Å². The molecule has 1 aliphatic rings. The normalized spacial score (nSPS) is 16.2. The summed E-state index contributed by atoms with van der Waals surface area (Å²) < 4.78 is 34.2. The molecule has 0 radical (unpaired) electrons. The van der Waals surface area contributed by atoms with Gasteiger partial charge in [0.15, 0.2) is 0 Å². The Morgan fingerprint density at radius 3 is 2.20 bits per heavy atom. The van der Waals surface area contributed by atoms with Gasteiger partial charge >= 0.3 is 0 Å². The fourth-order valence-electron chi connectivity index (χ4n) is 4.74. The van der Waals surface area contributed by atoms with Gasteiger partial charge in [-0.2, -0.15) is 0 Å². The van der Waals surface area contributed by atoms with Gasteiger partial charge in [0.1, 0.15) is 11.6 Å². The van der Waals surface area contributed by atoms with Crippen LogP contribution < -0.4 is 0 Å². The molecule has 0 spiro atoms. The maximum absolute atomic E-state index is 13.9. The lowest BCUT2D eigenvalue weighted by molar-refractivity contribution is 0.0155. The third kappa shape index (κ3) is 5.89. The summed E-state index contributed by atoms with van der Waals surface area (Å²) in [6, 6.07) is 11.0. The summed E-state index contributed by atoms with van der Waals surface area (Å²) in [5, 5.41) is 0. The van der Waals surface area contributed by atoms with Gasteiger partial charge in [-0.3, -0.25) is 0 Å². The zero-order chi connectivity index (χ0) is 21.5. The Labute approximate surface area is 180 Å². The summed E-state index contributed by atoms with van der Waals surface area (Å²) in [5.41, 5.74) is 3.87. The fourth-order valence-corrected chi connectivity index (χ4v) is 4.74. The predicted octanol–water partition coefficient (Wildman–Crippen LogP) is 6.54. The lowest BCUT2D eigenvalue weighted by atomic mass is 9.93. The first-order valence-electron chi connectivity index (χ1n) is 11.3. The Morgan fingerprint density at radius 2 is 1.57 bits per heavy atom. The molecule has 2 aromatic rings. The molecule has 0 bridgehead atoms. The van der Waals surface area contributed by atoms with E-state index < -0.39 is 11.6 Å². The van der Waals surface area contributed by atoms with Crippen LogP contribution in [-0.2, 0) is 11.2 Å². The number of halogens is 2. The maximum atomic E-state index is 13.9. The number of rotatable bonds is 9. The third-order valence-corrected chi connectivity index (χ3v) is 6.47. The first-order chi connectivity index (χ1) is 14.5. The second-order valence-corrected chi connectivity index (χ2v) is 8.70. The lowest BCUT2D eigenvalue weighted by Crippen LogP contribution is -2.37. The zero-order valence-electron chi connectivity index (χ0n) is 18.6. The van der Waals surface area contributed by atoms with Crippen molar-refractivity contribution in [2.75, 3.05) is 20.2 Å². The molecule has 4 heteroatoms. The summed E-state index contributed by atoms with van der Waals surface area (Å²) in [6.45, 7) is 5.58. The molecule has 164 valence electrons. The van der Waals surface area contributed by atoms with Crippen molar-refractivity contribution < 1.29 is 13.5 Å². The van der Waals surface area contributed by atoms with Crippen LogP contribution in [0.1, 0.15) is 66.9 Å². The van der Waals surface area contributed by atoms with Crippen LogP contribution in [-0.4, -0.2) is 31.1 Å². The molecule has 1 saturated carbocycles. The van der Waals surface area contributed by atoms with E-state index >= 15 is 0 Å². The lowest BCUT2D eigenvalue weighted by Gasteiger charge is -2.34. The van der Waals surface area contributed by atoms with Gasteiger partial charge in [-0.15, -0.1) is 0 Å². The van der Waals surface area contributed by atoms with Crippen molar-refractivity contribution in [3.05, 3.63) is 70.3 Å². The van der Waals surface area contributed by atoms with E-state index in [1.54, 1.807) is 0 Å². The molecule has 30 heavy (non-hydrogen) atoms. The van der Waals surface area contributed by atoms with Crippen molar-refractivity contribution in [3.8, 4) is 0 Å². The number of likely N-dealkylation sites (N-methyl/N-ethyl adjacent to an activating group) is 1. The second-order valence-electron chi connectivity index (χ2n) is 8.70. The third-order valence-electron chi connectivity index (χ3n) is 6.47.